The molecule has 4 heteroatoms. The molecule has 5 atom stereocenters. The molecule has 3 heterocycles. The minimum Gasteiger partial charge on any atom is -0.459 e. The molecule has 4 rings (SSSR count). The van der Waals surface area contributed by atoms with Gasteiger partial charge in [-0.2, -0.15) is 0 Å². The predicted molar refractivity (Wildman–Crippen MR) is 97.3 cm³/mol. The van der Waals surface area contributed by atoms with Crippen LogP contribution in [-0.2, 0) is 14.3 Å². The van der Waals surface area contributed by atoms with Crippen LogP contribution < -0.4 is 0 Å². The van der Waals surface area contributed by atoms with E-state index in [0.717, 1.165) is 45.3 Å². The van der Waals surface area contributed by atoms with Crippen molar-refractivity contribution < 1.29 is 14.3 Å². The van der Waals surface area contributed by atoms with Gasteiger partial charge >= 0.3 is 5.97 Å². The number of carbonyl (C=O) groups is 1. The molecular formula is C21H33NO3. The van der Waals surface area contributed by atoms with Crippen LogP contribution in [0.3, 0.4) is 0 Å². The van der Waals surface area contributed by atoms with Gasteiger partial charge in [0.1, 0.15) is 12.2 Å². The fourth-order valence-electron chi connectivity index (χ4n) is 5.14. The number of hydrogen-bond acceptors (Lipinski definition) is 4. The monoisotopic (exact) mass is 347 g/mol. The molecular weight excluding hydrogens is 314 g/mol. The largest absolute Gasteiger partial charge is 0.459 e. The number of rotatable bonds is 2. The topological polar surface area (TPSA) is 42.1 Å². The molecule has 0 bridgehead atoms. The maximum absolute atomic E-state index is 12.7. The van der Waals surface area contributed by atoms with Gasteiger partial charge in [-0.1, -0.05) is 24.5 Å². The van der Waals surface area contributed by atoms with Gasteiger partial charge in [-0.05, 0) is 65.5 Å². The molecule has 0 aromatic rings. The highest BCUT2D eigenvalue weighted by atomic mass is 16.6. The second-order valence-electron chi connectivity index (χ2n) is 8.87. The Balaban J connectivity index is 1.51. The molecule has 0 aromatic carbocycles. The summed E-state index contributed by atoms with van der Waals surface area (Å²) in [7, 11) is 0. The minimum atomic E-state index is -0.0885. The lowest BCUT2D eigenvalue weighted by Gasteiger charge is -2.27. The Kier molecular flexibility index (Phi) is 4.93. The first kappa shape index (κ1) is 17.5. The van der Waals surface area contributed by atoms with E-state index < -0.39 is 0 Å². The van der Waals surface area contributed by atoms with Crippen molar-refractivity contribution in [1.82, 2.24) is 4.90 Å². The number of fused-ring (bicyclic) bond motifs is 3. The summed E-state index contributed by atoms with van der Waals surface area (Å²) in [5.41, 5.74) is 1.36. The summed E-state index contributed by atoms with van der Waals surface area (Å²) in [4.78, 5) is 15.2. The van der Waals surface area contributed by atoms with Crippen LogP contribution in [-0.4, -0.2) is 48.3 Å². The van der Waals surface area contributed by atoms with E-state index in [9.17, 15) is 4.79 Å². The summed E-state index contributed by atoms with van der Waals surface area (Å²) in [5.74, 6) is 0.366. The van der Waals surface area contributed by atoms with E-state index in [0.29, 0.717) is 5.92 Å². The van der Waals surface area contributed by atoms with Crippen molar-refractivity contribution in [3.8, 4) is 0 Å². The van der Waals surface area contributed by atoms with Gasteiger partial charge in [-0.25, -0.2) is 0 Å². The van der Waals surface area contributed by atoms with Crippen LogP contribution in [0.15, 0.2) is 11.6 Å². The summed E-state index contributed by atoms with van der Waals surface area (Å²) >= 11 is 0. The van der Waals surface area contributed by atoms with E-state index in [4.69, 9.17) is 9.47 Å². The fourth-order valence-corrected chi connectivity index (χ4v) is 5.14. The van der Waals surface area contributed by atoms with Gasteiger partial charge in [0, 0.05) is 12.5 Å². The number of ether oxygens (including phenoxy) is 2. The molecule has 0 N–H and O–H groups in total. The third kappa shape index (κ3) is 3.66. The van der Waals surface area contributed by atoms with Crippen LogP contribution in [0.1, 0.15) is 65.2 Å². The van der Waals surface area contributed by atoms with Gasteiger partial charge in [0.25, 0.3) is 0 Å². The summed E-state index contributed by atoms with van der Waals surface area (Å²) in [6, 6.07) is 0. The first-order valence-electron chi connectivity index (χ1n) is 10.3. The lowest BCUT2D eigenvalue weighted by molar-refractivity contribution is -0.145. The molecule has 140 valence electrons. The van der Waals surface area contributed by atoms with Crippen molar-refractivity contribution >= 4 is 5.97 Å². The maximum Gasteiger partial charge on any atom is 0.311 e. The zero-order valence-electron chi connectivity index (χ0n) is 15.8. The first-order chi connectivity index (χ1) is 12.1. The molecule has 4 aliphatic rings. The summed E-state index contributed by atoms with van der Waals surface area (Å²) in [6.07, 6.45) is 11.9. The predicted octanol–water partition coefficient (Wildman–Crippen LogP) is 3.70. The third-order valence-corrected chi connectivity index (χ3v) is 6.89. The van der Waals surface area contributed by atoms with Crippen molar-refractivity contribution in [2.75, 3.05) is 19.6 Å². The number of nitrogens with zero attached hydrogens (tertiary/aromatic N) is 1. The van der Waals surface area contributed by atoms with E-state index in [2.05, 4.69) is 24.8 Å². The molecule has 0 spiro atoms. The minimum absolute atomic E-state index is 0.0259. The number of carbonyl (C=O) groups excluding carboxylic acids is 1. The van der Waals surface area contributed by atoms with Gasteiger partial charge in [0.05, 0.1) is 11.5 Å². The Labute approximate surface area is 151 Å². The maximum atomic E-state index is 12.7. The highest BCUT2D eigenvalue weighted by Gasteiger charge is 2.62. The second-order valence-corrected chi connectivity index (χ2v) is 8.87. The Hall–Kier alpha value is -0.870. The average molecular weight is 347 g/mol. The summed E-state index contributed by atoms with van der Waals surface area (Å²) < 4.78 is 12.0. The molecule has 0 aromatic heterocycles. The molecule has 0 unspecified atom stereocenters. The number of epoxide rings is 1. The fraction of sp³-hybridized carbons (Fsp3) is 0.857. The lowest BCUT2D eigenvalue weighted by atomic mass is 9.80. The second kappa shape index (κ2) is 7.03. The summed E-state index contributed by atoms with van der Waals surface area (Å²) in [6.45, 7) is 7.57. The Morgan fingerprint density at radius 1 is 1.24 bits per heavy atom. The highest BCUT2D eigenvalue weighted by Crippen LogP contribution is 2.50. The molecule has 3 fully saturated rings. The molecule has 25 heavy (non-hydrogen) atoms. The molecule has 0 saturated carbocycles. The smallest absolute Gasteiger partial charge is 0.311 e. The van der Waals surface area contributed by atoms with Crippen molar-refractivity contribution in [1.29, 1.82) is 0 Å². The van der Waals surface area contributed by atoms with Gasteiger partial charge < -0.3 is 14.4 Å². The van der Waals surface area contributed by atoms with Crippen molar-refractivity contribution in [2.24, 2.45) is 11.8 Å². The van der Waals surface area contributed by atoms with Crippen LogP contribution in [0.5, 0.6) is 0 Å². The van der Waals surface area contributed by atoms with Crippen LogP contribution in [0.25, 0.3) is 0 Å². The quantitative estimate of drug-likeness (QED) is 0.434. The van der Waals surface area contributed by atoms with Crippen molar-refractivity contribution in [3.05, 3.63) is 11.6 Å². The van der Waals surface area contributed by atoms with Crippen molar-refractivity contribution in [3.63, 3.8) is 0 Å². The van der Waals surface area contributed by atoms with Crippen LogP contribution in [0.2, 0.25) is 0 Å². The van der Waals surface area contributed by atoms with Crippen molar-refractivity contribution in [2.45, 2.75) is 83.0 Å². The van der Waals surface area contributed by atoms with Gasteiger partial charge in [0.2, 0.25) is 0 Å². The zero-order chi connectivity index (χ0) is 17.4. The van der Waals surface area contributed by atoms with E-state index >= 15 is 0 Å². The molecule has 4 nitrogen and oxygen atoms in total. The average Bonchev–Trinajstić information content (AvgIpc) is 3.23. The van der Waals surface area contributed by atoms with Gasteiger partial charge in [-0.15, -0.1) is 0 Å². The first-order valence-corrected chi connectivity index (χ1v) is 10.3. The van der Waals surface area contributed by atoms with E-state index in [1.807, 2.05) is 0 Å². The Morgan fingerprint density at radius 2 is 2.00 bits per heavy atom. The SMILES string of the molecule is CC1=CCC[C@@]2(C)O[C@H]2[C@H]2OC(=O)[C@@H](CN3CCCCCC3)[C@@H]2CC1. The lowest BCUT2D eigenvalue weighted by Crippen LogP contribution is -2.37. The zero-order valence-corrected chi connectivity index (χ0v) is 15.8. The highest BCUT2D eigenvalue weighted by molar-refractivity contribution is 5.75. The molecule has 3 aliphatic heterocycles. The number of allylic oxidation sites excluding steroid dienone is 2. The van der Waals surface area contributed by atoms with Gasteiger partial charge in [0.15, 0.2) is 0 Å². The molecule has 0 amide bonds. The number of likely N-dealkylation sites (tertiary alicyclic amines) is 1. The number of hydrogen-bond donors (Lipinski definition) is 0. The molecule has 0 radical (unpaired) electrons. The van der Waals surface area contributed by atoms with E-state index in [1.165, 1.54) is 31.3 Å². The van der Waals surface area contributed by atoms with E-state index in [-0.39, 0.29) is 29.7 Å². The van der Waals surface area contributed by atoms with Crippen LogP contribution in [0, 0.1) is 11.8 Å². The van der Waals surface area contributed by atoms with E-state index in [1.54, 1.807) is 0 Å². The van der Waals surface area contributed by atoms with Crippen LogP contribution >= 0.6 is 0 Å². The standard InChI is InChI=1S/C21H33NO3/c1-15-8-7-11-21(2)19(25-21)18-16(10-9-15)17(20(23)24-18)14-22-12-5-3-4-6-13-22/h8,16-19H,3-7,9-14H2,1-2H3/t16-,17-,18-,19-,21+/m0/s1. The number of esters is 1. The van der Waals surface area contributed by atoms with Gasteiger partial charge in [-0.3, -0.25) is 4.79 Å². The molecule has 1 aliphatic carbocycles. The third-order valence-electron chi connectivity index (χ3n) is 6.89. The summed E-state index contributed by atoms with van der Waals surface area (Å²) in [5, 5.41) is 0. The van der Waals surface area contributed by atoms with Crippen LogP contribution in [0.4, 0.5) is 0 Å². The normalized spacial score (nSPS) is 42.6. The Morgan fingerprint density at radius 3 is 2.76 bits per heavy atom. The Bertz CT molecular complexity index is 537. The molecule has 3 saturated heterocycles.